The van der Waals surface area contributed by atoms with Crippen LogP contribution in [0.3, 0.4) is 0 Å². The number of nitrogens with one attached hydrogen (secondary N) is 2. The predicted octanol–water partition coefficient (Wildman–Crippen LogP) is 0.0734. The summed E-state index contributed by atoms with van der Waals surface area (Å²) in [5, 5.41) is 0. The van der Waals surface area contributed by atoms with E-state index in [1.54, 1.807) is 18.8 Å². The van der Waals surface area contributed by atoms with Gasteiger partial charge >= 0.3 is 5.69 Å². The number of aryl methyl sites for hydroxylation is 1. The molecule has 0 fully saturated rings. The van der Waals surface area contributed by atoms with Crippen molar-refractivity contribution in [3.8, 4) is 10.7 Å². The highest BCUT2D eigenvalue weighted by Gasteiger charge is 2.12. The Bertz CT molecular complexity index is 795. The Morgan fingerprint density at radius 3 is 2.88 bits per heavy atom. The van der Waals surface area contributed by atoms with Crippen LogP contribution in [0, 0.1) is 0 Å². The largest absolute Gasteiger partial charge is 0.331 e. The van der Waals surface area contributed by atoms with Crippen molar-refractivity contribution in [2.24, 2.45) is 7.05 Å². The number of hydrogen-bond acceptors (Lipinski definition) is 5. The van der Waals surface area contributed by atoms with E-state index in [0.29, 0.717) is 11.5 Å². The summed E-state index contributed by atoms with van der Waals surface area (Å²) in [5.41, 5.74) is 1.35. The SMILES string of the molecule is Cn1c(=O)[nH]c(=O)c2[nH]c(-c3cncs3)nc21. The zero-order chi connectivity index (χ0) is 12.0. The summed E-state index contributed by atoms with van der Waals surface area (Å²) in [5.74, 6) is 0.536. The van der Waals surface area contributed by atoms with Crippen molar-refractivity contribution in [2.75, 3.05) is 0 Å². The average molecular weight is 249 g/mol. The van der Waals surface area contributed by atoms with Crippen molar-refractivity contribution in [2.45, 2.75) is 0 Å². The van der Waals surface area contributed by atoms with E-state index < -0.39 is 11.2 Å². The fraction of sp³-hybridized carbons (Fsp3) is 0.111. The van der Waals surface area contributed by atoms with Crippen LogP contribution >= 0.6 is 11.3 Å². The second-order valence-electron chi connectivity index (χ2n) is 3.47. The van der Waals surface area contributed by atoms with E-state index in [4.69, 9.17) is 0 Å². The standard InChI is InChI=1S/C9H7N5O2S/c1-14-7-5(8(15)13-9(14)16)11-6(12-7)4-2-10-3-17-4/h2-3H,1H3,(H,11,12)(H,13,15,16). The van der Waals surface area contributed by atoms with Crippen LogP contribution in [0.5, 0.6) is 0 Å². The zero-order valence-corrected chi connectivity index (χ0v) is 9.54. The van der Waals surface area contributed by atoms with E-state index in [1.165, 1.54) is 15.9 Å². The van der Waals surface area contributed by atoms with Gasteiger partial charge in [-0.1, -0.05) is 0 Å². The molecule has 0 aliphatic rings. The molecule has 3 heterocycles. The van der Waals surface area contributed by atoms with E-state index in [2.05, 4.69) is 19.9 Å². The van der Waals surface area contributed by atoms with Gasteiger partial charge in [0.05, 0.1) is 10.4 Å². The van der Waals surface area contributed by atoms with Gasteiger partial charge in [-0.25, -0.2) is 9.78 Å². The minimum Gasteiger partial charge on any atom is -0.331 e. The highest BCUT2D eigenvalue weighted by atomic mass is 32.1. The molecular weight excluding hydrogens is 242 g/mol. The first-order valence-corrected chi connectivity index (χ1v) is 5.62. The summed E-state index contributed by atoms with van der Waals surface area (Å²) < 4.78 is 1.29. The number of fused-ring (bicyclic) bond motifs is 1. The molecule has 8 heteroatoms. The van der Waals surface area contributed by atoms with Crippen LogP contribution in [0.25, 0.3) is 21.9 Å². The van der Waals surface area contributed by atoms with Crippen LogP contribution < -0.4 is 11.2 Å². The van der Waals surface area contributed by atoms with Crippen molar-refractivity contribution in [1.29, 1.82) is 0 Å². The molecular formula is C9H7N5O2S. The van der Waals surface area contributed by atoms with E-state index in [1.807, 2.05) is 0 Å². The first-order chi connectivity index (χ1) is 8.16. The van der Waals surface area contributed by atoms with Crippen LogP contribution in [-0.2, 0) is 7.05 Å². The monoisotopic (exact) mass is 249 g/mol. The molecule has 0 unspecified atom stereocenters. The normalized spacial score (nSPS) is 11.1. The summed E-state index contributed by atoms with van der Waals surface area (Å²) in [6, 6.07) is 0. The van der Waals surface area contributed by atoms with Gasteiger partial charge in [-0.05, 0) is 0 Å². The van der Waals surface area contributed by atoms with Crippen LogP contribution in [-0.4, -0.2) is 24.5 Å². The lowest BCUT2D eigenvalue weighted by Crippen LogP contribution is -2.28. The molecule has 0 radical (unpaired) electrons. The molecule has 17 heavy (non-hydrogen) atoms. The van der Waals surface area contributed by atoms with Gasteiger partial charge < -0.3 is 4.98 Å². The molecule has 0 aliphatic heterocycles. The molecule has 0 saturated carbocycles. The Morgan fingerprint density at radius 2 is 2.18 bits per heavy atom. The van der Waals surface area contributed by atoms with Gasteiger partial charge in [0.2, 0.25) is 0 Å². The summed E-state index contributed by atoms with van der Waals surface area (Å²) in [6.07, 6.45) is 1.65. The molecule has 0 aliphatic carbocycles. The van der Waals surface area contributed by atoms with Gasteiger partial charge in [-0.2, -0.15) is 0 Å². The van der Waals surface area contributed by atoms with Crippen molar-refractivity contribution >= 4 is 22.5 Å². The molecule has 0 amide bonds. The fourth-order valence-corrected chi connectivity index (χ4v) is 2.12. The van der Waals surface area contributed by atoms with Crippen LogP contribution in [0.4, 0.5) is 0 Å². The third kappa shape index (κ3) is 1.41. The van der Waals surface area contributed by atoms with Gasteiger partial charge in [-0.15, -0.1) is 11.3 Å². The quantitative estimate of drug-likeness (QED) is 0.638. The minimum atomic E-state index is -0.482. The third-order valence-corrected chi connectivity index (χ3v) is 3.20. The lowest BCUT2D eigenvalue weighted by Gasteiger charge is -1.94. The third-order valence-electron chi connectivity index (χ3n) is 2.42. The lowest BCUT2D eigenvalue weighted by molar-refractivity contribution is 0.832. The van der Waals surface area contributed by atoms with Gasteiger partial charge in [0, 0.05) is 13.2 Å². The summed E-state index contributed by atoms with van der Waals surface area (Å²) in [4.78, 5) is 37.1. The maximum atomic E-state index is 11.6. The van der Waals surface area contributed by atoms with Gasteiger partial charge in [0.25, 0.3) is 5.56 Å². The molecule has 0 aromatic carbocycles. The Labute approximate surface area is 97.8 Å². The maximum Gasteiger partial charge on any atom is 0.329 e. The molecule has 3 rings (SSSR count). The number of aromatic amines is 2. The van der Waals surface area contributed by atoms with E-state index in [9.17, 15) is 9.59 Å². The number of aromatic nitrogens is 5. The number of H-pyrrole nitrogens is 2. The van der Waals surface area contributed by atoms with Crippen molar-refractivity contribution in [3.05, 3.63) is 32.5 Å². The lowest BCUT2D eigenvalue weighted by atomic mass is 10.5. The van der Waals surface area contributed by atoms with Gasteiger partial charge in [0.1, 0.15) is 5.52 Å². The molecule has 0 bridgehead atoms. The zero-order valence-electron chi connectivity index (χ0n) is 8.72. The van der Waals surface area contributed by atoms with Crippen molar-refractivity contribution in [3.63, 3.8) is 0 Å². The summed E-state index contributed by atoms with van der Waals surface area (Å²) in [7, 11) is 1.55. The minimum absolute atomic E-state index is 0.288. The maximum absolute atomic E-state index is 11.6. The van der Waals surface area contributed by atoms with Crippen LogP contribution in [0.2, 0.25) is 0 Å². The first-order valence-electron chi connectivity index (χ1n) is 4.74. The highest BCUT2D eigenvalue weighted by molar-refractivity contribution is 7.13. The molecule has 3 aromatic rings. The van der Waals surface area contributed by atoms with Crippen molar-refractivity contribution in [1.82, 2.24) is 24.5 Å². The second kappa shape index (κ2) is 3.39. The molecule has 2 N–H and O–H groups in total. The number of thiazole rings is 1. The first kappa shape index (κ1) is 9.97. The second-order valence-corrected chi connectivity index (χ2v) is 4.35. The topological polar surface area (TPSA) is 96.4 Å². The summed E-state index contributed by atoms with van der Waals surface area (Å²) in [6.45, 7) is 0. The van der Waals surface area contributed by atoms with Crippen LogP contribution in [0.15, 0.2) is 21.3 Å². The highest BCUT2D eigenvalue weighted by Crippen LogP contribution is 2.20. The smallest absolute Gasteiger partial charge is 0.329 e. The molecule has 7 nitrogen and oxygen atoms in total. The average Bonchev–Trinajstić information content (AvgIpc) is 2.94. The van der Waals surface area contributed by atoms with Crippen LogP contribution in [0.1, 0.15) is 0 Å². The Balaban J connectivity index is 2.41. The summed E-state index contributed by atoms with van der Waals surface area (Å²) >= 11 is 1.40. The Morgan fingerprint density at radius 1 is 1.35 bits per heavy atom. The van der Waals surface area contributed by atoms with Gasteiger partial charge in [-0.3, -0.25) is 19.3 Å². The van der Waals surface area contributed by atoms with Gasteiger partial charge in [0.15, 0.2) is 11.5 Å². The van der Waals surface area contributed by atoms with Crippen molar-refractivity contribution < 1.29 is 0 Å². The number of rotatable bonds is 1. The fourth-order valence-electron chi connectivity index (χ4n) is 1.55. The Kier molecular flexibility index (Phi) is 1.99. The predicted molar refractivity (Wildman–Crippen MR) is 63.1 cm³/mol. The molecule has 0 spiro atoms. The number of nitrogens with zero attached hydrogens (tertiary/aromatic N) is 3. The van der Waals surface area contributed by atoms with E-state index >= 15 is 0 Å². The van der Waals surface area contributed by atoms with E-state index in [-0.39, 0.29) is 5.52 Å². The number of imidazole rings is 1. The number of hydrogen-bond donors (Lipinski definition) is 2. The molecule has 3 aromatic heterocycles. The molecule has 86 valence electrons. The molecule has 0 atom stereocenters. The Hall–Kier alpha value is -2.22. The molecule has 0 saturated heterocycles. The van der Waals surface area contributed by atoms with E-state index in [0.717, 1.165) is 4.88 Å².